The third kappa shape index (κ3) is 4.16. The first-order chi connectivity index (χ1) is 10.0. The van der Waals surface area contributed by atoms with Crippen molar-refractivity contribution in [1.82, 2.24) is 5.32 Å². The van der Waals surface area contributed by atoms with Crippen LogP contribution in [-0.4, -0.2) is 11.0 Å². The molecular formula is C17H21NO2S. The lowest BCUT2D eigenvalue weighted by molar-refractivity contribution is -0.126. The number of aliphatic hydroxyl groups is 1. The molecule has 1 aromatic carbocycles. The second kappa shape index (κ2) is 6.87. The Morgan fingerprint density at radius 3 is 2.57 bits per heavy atom. The maximum atomic E-state index is 12.2. The van der Waals surface area contributed by atoms with Gasteiger partial charge in [-0.3, -0.25) is 4.79 Å². The molecule has 0 aliphatic carbocycles. The molecule has 0 aliphatic rings. The van der Waals surface area contributed by atoms with E-state index in [1.807, 2.05) is 54.8 Å². The minimum atomic E-state index is -1.15. The number of hydrogen-bond donors (Lipinski definition) is 2. The van der Waals surface area contributed by atoms with Crippen LogP contribution in [0, 0.1) is 0 Å². The zero-order valence-corrected chi connectivity index (χ0v) is 13.2. The van der Waals surface area contributed by atoms with Crippen LogP contribution < -0.4 is 5.32 Å². The number of hydrogen-bond acceptors (Lipinski definition) is 3. The molecule has 2 atom stereocenters. The molecule has 2 rings (SSSR count). The molecule has 21 heavy (non-hydrogen) atoms. The SMILES string of the molecule is CCC(NC(=O)CC(C)(O)c1ccccc1)c1cccs1. The third-order valence-electron chi connectivity index (χ3n) is 3.53. The van der Waals surface area contributed by atoms with Gasteiger partial charge in [0.05, 0.1) is 18.1 Å². The third-order valence-corrected chi connectivity index (χ3v) is 4.52. The fraction of sp³-hybridized carbons (Fsp3) is 0.353. The van der Waals surface area contributed by atoms with Gasteiger partial charge in [-0.05, 0) is 30.4 Å². The van der Waals surface area contributed by atoms with Crippen molar-refractivity contribution in [2.45, 2.75) is 38.3 Å². The molecule has 1 heterocycles. The summed E-state index contributed by atoms with van der Waals surface area (Å²) in [7, 11) is 0. The first-order valence-corrected chi connectivity index (χ1v) is 8.01. The highest BCUT2D eigenvalue weighted by Gasteiger charge is 2.27. The Morgan fingerprint density at radius 1 is 1.29 bits per heavy atom. The summed E-state index contributed by atoms with van der Waals surface area (Å²) in [5.41, 5.74) is -0.400. The van der Waals surface area contributed by atoms with Crippen molar-refractivity contribution in [1.29, 1.82) is 0 Å². The lowest BCUT2D eigenvalue weighted by atomic mass is 9.92. The van der Waals surface area contributed by atoms with Crippen molar-refractivity contribution in [2.24, 2.45) is 0 Å². The number of thiophene rings is 1. The van der Waals surface area contributed by atoms with E-state index in [9.17, 15) is 9.90 Å². The number of nitrogens with one attached hydrogen (secondary N) is 1. The van der Waals surface area contributed by atoms with Gasteiger partial charge < -0.3 is 10.4 Å². The Hall–Kier alpha value is -1.65. The highest BCUT2D eigenvalue weighted by Crippen LogP contribution is 2.26. The number of rotatable bonds is 6. The average Bonchev–Trinajstić information content (AvgIpc) is 2.99. The van der Waals surface area contributed by atoms with Crippen molar-refractivity contribution < 1.29 is 9.90 Å². The Balaban J connectivity index is 2.01. The van der Waals surface area contributed by atoms with Crippen molar-refractivity contribution in [3.63, 3.8) is 0 Å². The summed E-state index contributed by atoms with van der Waals surface area (Å²) in [6.45, 7) is 3.72. The van der Waals surface area contributed by atoms with E-state index in [-0.39, 0.29) is 18.4 Å². The maximum Gasteiger partial charge on any atom is 0.223 e. The van der Waals surface area contributed by atoms with Crippen LogP contribution in [0.5, 0.6) is 0 Å². The number of carbonyl (C=O) groups excluding carboxylic acids is 1. The van der Waals surface area contributed by atoms with Crippen LogP contribution in [0.1, 0.15) is 43.2 Å². The summed E-state index contributed by atoms with van der Waals surface area (Å²) in [6, 6.07) is 13.3. The molecule has 4 heteroatoms. The number of carbonyl (C=O) groups is 1. The summed E-state index contributed by atoms with van der Waals surface area (Å²) in [4.78, 5) is 13.4. The molecular weight excluding hydrogens is 282 g/mol. The van der Waals surface area contributed by atoms with Crippen LogP contribution in [0.3, 0.4) is 0 Å². The zero-order chi connectivity index (χ0) is 15.3. The van der Waals surface area contributed by atoms with E-state index in [2.05, 4.69) is 5.32 Å². The Morgan fingerprint density at radius 2 is 2.00 bits per heavy atom. The molecule has 2 unspecified atom stereocenters. The Bertz CT molecular complexity index is 564. The van der Waals surface area contributed by atoms with Gasteiger partial charge in [0.2, 0.25) is 5.91 Å². The normalized spacial score (nSPS) is 15.2. The van der Waals surface area contributed by atoms with E-state index in [1.165, 1.54) is 0 Å². The van der Waals surface area contributed by atoms with Gasteiger partial charge in [-0.15, -0.1) is 11.3 Å². The quantitative estimate of drug-likeness (QED) is 0.856. The van der Waals surface area contributed by atoms with Crippen molar-refractivity contribution in [2.75, 3.05) is 0 Å². The second-order valence-corrected chi connectivity index (χ2v) is 6.34. The van der Waals surface area contributed by atoms with E-state index >= 15 is 0 Å². The molecule has 1 amide bonds. The number of benzene rings is 1. The molecule has 0 spiro atoms. The molecule has 0 saturated heterocycles. The van der Waals surface area contributed by atoms with Crippen molar-refractivity contribution in [3.05, 3.63) is 58.3 Å². The predicted octanol–water partition coefficient (Wildman–Crippen LogP) is 3.61. The first-order valence-electron chi connectivity index (χ1n) is 7.13. The van der Waals surface area contributed by atoms with Crippen molar-refractivity contribution in [3.8, 4) is 0 Å². The molecule has 3 nitrogen and oxygen atoms in total. The molecule has 0 bridgehead atoms. The van der Waals surface area contributed by atoms with E-state index in [1.54, 1.807) is 18.3 Å². The van der Waals surface area contributed by atoms with E-state index in [0.29, 0.717) is 0 Å². The van der Waals surface area contributed by atoms with Gasteiger partial charge in [-0.2, -0.15) is 0 Å². The smallest absolute Gasteiger partial charge is 0.223 e. The molecule has 112 valence electrons. The van der Waals surface area contributed by atoms with Gasteiger partial charge >= 0.3 is 0 Å². The van der Waals surface area contributed by atoms with Crippen LogP contribution >= 0.6 is 11.3 Å². The Kier molecular flexibility index (Phi) is 5.15. The summed E-state index contributed by atoms with van der Waals surface area (Å²) >= 11 is 1.63. The topological polar surface area (TPSA) is 49.3 Å². The average molecular weight is 303 g/mol. The lowest BCUT2D eigenvalue weighted by Crippen LogP contribution is -2.34. The lowest BCUT2D eigenvalue weighted by Gasteiger charge is -2.24. The van der Waals surface area contributed by atoms with E-state index < -0.39 is 5.60 Å². The summed E-state index contributed by atoms with van der Waals surface area (Å²) in [5, 5.41) is 15.5. The fourth-order valence-electron chi connectivity index (χ4n) is 2.32. The first kappa shape index (κ1) is 15.7. The maximum absolute atomic E-state index is 12.2. The van der Waals surface area contributed by atoms with Gasteiger partial charge in [-0.25, -0.2) is 0 Å². The van der Waals surface area contributed by atoms with Crippen molar-refractivity contribution >= 4 is 17.2 Å². The minimum absolute atomic E-state index is 0.0177. The molecule has 0 aliphatic heterocycles. The van der Waals surface area contributed by atoms with Gasteiger partial charge in [0.15, 0.2) is 0 Å². The highest BCUT2D eigenvalue weighted by molar-refractivity contribution is 7.10. The van der Waals surface area contributed by atoms with Crippen LogP contribution in [0.4, 0.5) is 0 Å². The summed E-state index contributed by atoms with van der Waals surface area (Å²) in [6.07, 6.45) is 0.888. The predicted molar refractivity (Wildman–Crippen MR) is 86.1 cm³/mol. The number of amides is 1. The molecule has 0 fully saturated rings. The standard InChI is InChI=1S/C17H21NO2S/c1-3-14(15-10-7-11-21-15)18-16(19)12-17(2,20)13-8-5-4-6-9-13/h4-11,14,20H,3,12H2,1-2H3,(H,18,19). The van der Waals surface area contributed by atoms with Crippen LogP contribution in [0.15, 0.2) is 47.8 Å². The highest BCUT2D eigenvalue weighted by atomic mass is 32.1. The zero-order valence-electron chi connectivity index (χ0n) is 12.4. The Labute approximate surface area is 129 Å². The summed E-state index contributed by atoms with van der Waals surface area (Å²) < 4.78 is 0. The minimum Gasteiger partial charge on any atom is -0.385 e. The van der Waals surface area contributed by atoms with Gasteiger partial charge in [0.1, 0.15) is 0 Å². The largest absolute Gasteiger partial charge is 0.385 e. The van der Waals surface area contributed by atoms with E-state index in [0.717, 1.165) is 16.9 Å². The van der Waals surface area contributed by atoms with Crippen LogP contribution in [-0.2, 0) is 10.4 Å². The van der Waals surface area contributed by atoms with Crippen LogP contribution in [0.25, 0.3) is 0 Å². The van der Waals surface area contributed by atoms with E-state index in [4.69, 9.17) is 0 Å². The molecule has 2 N–H and O–H groups in total. The fourth-order valence-corrected chi connectivity index (χ4v) is 3.18. The van der Waals surface area contributed by atoms with Gasteiger partial charge in [0.25, 0.3) is 0 Å². The molecule has 0 saturated carbocycles. The van der Waals surface area contributed by atoms with Gasteiger partial charge in [-0.1, -0.05) is 43.3 Å². The molecule has 0 radical (unpaired) electrons. The molecule has 2 aromatic rings. The second-order valence-electron chi connectivity index (χ2n) is 5.36. The van der Waals surface area contributed by atoms with Crippen LogP contribution in [0.2, 0.25) is 0 Å². The van der Waals surface area contributed by atoms with Gasteiger partial charge in [0, 0.05) is 4.88 Å². The monoisotopic (exact) mass is 303 g/mol. The molecule has 1 aromatic heterocycles. The summed E-state index contributed by atoms with van der Waals surface area (Å²) in [5.74, 6) is -0.135.